The number of aryl methyl sites for hydroxylation is 1. The molecular weight excluding hydrogens is 226 g/mol. The predicted octanol–water partition coefficient (Wildman–Crippen LogP) is 2.63. The molecule has 0 radical (unpaired) electrons. The van der Waals surface area contributed by atoms with Gasteiger partial charge >= 0.3 is 5.97 Å². The third kappa shape index (κ3) is 4.88. The van der Waals surface area contributed by atoms with E-state index < -0.39 is 11.4 Å². The SMILES string of the molecule is Cc1cccc(CCNCCC(C)(C)C(=O)O)c1. The van der Waals surface area contributed by atoms with E-state index in [1.54, 1.807) is 13.8 Å². The van der Waals surface area contributed by atoms with Crippen molar-refractivity contribution in [2.75, 3.05) is 13.1 Å². The third-order valence-electron chi connectivity index (χ3n) is 3.18. The number of carboxylic acid groups (broad SMARTS) is 1. The monoisotopic (exact) mass is 249 g/mol. The van der Waals surface area contributed by atoms with Gasteiger partial charge in [-0.05, 0) is 52.3 Å². The normalized spacial score (nSPS) is 11.5. The van der Waals surface area contributed by atoms with Gasteiger partial charge in [-0.3, -0.25) is 4.79 Å². The molecule has 0 aromatic heterocycles. The van der Waals surface area contributed by atoms with Crippen LogP contribution < -0.4 is 5.32 Å². The van der Waals surface area contributed by atoms with Crippen LogP contribution in [0, 0.1) is 12.3 Å². The van der Waals surface area contributed by atoms with E-state index >= 15 is 0 Å². The molecular formula is C15H23NO2. The highest BCUT2D eigenvalue weighted by Gasteiger charge is 2.25. The van der Waals surface area contributed by atoms with E-state index in [4.69, 9.17) is 5.11 Å². The van der Waals surface area contributed by atoms with Crippen LogP contribution in [0.1, 0.15) is 31.4 Å². The molecule has 0 spiro atoms. The first-order chi connectivity index (χ1) is 8.42. The second-order valence-electron chi connectivity index (χ2n) is 5.43. The highest BCUT2D eigenvalue weighted by molar-refractivity contribution is 5.73. The molecule has 0 atom stereocenters. The zero-order valence-corrected chi connectivity index (χ0v) is 11.5. The summed E-state index contributed by atoms with van der Waals surface area (Å²) in [4.78, 5) is 10.9. The molecule has 0 aliphatic rings. The Balaban J connectivity index is 2.22. The molecule has 0 aliphatic carbocycles. The smallest absolute Gasteiger partial charge is 0.309 e. The molecule has 0 aliphatic heterocycles. The van der Waals surface area contributed by atoms with E-state index in [0.717, 1.165) is 19.5 Å². The second-order valence-corrected chi connectivity index (χ2v) is 5.43. The first-order valence-corrected chi connectivity index (χ1v) is 6.41. The molecule has 1 aromatic rings. The van der Waals surface area contributed by atoms with E-state index in [9.17, 15) is 4.79 Å². The van der Waals surface area contributed by atoms with Crippen molar-refractivity contribution in [3.63, 3.8) is 0 Å². The van der Waals surface area contributed by atoms with Gasteiger partial charge in [-0.15, -0.1) is 0 Å². The summed E-state index contributed by atoms with van der Waals surface area (Å²) in [6.45, 7) is 7.24. The molecule has 3 nitrogen and oxygen atoms in total. The molecule has 0 saturated carbocycles. The van der Waals surface area contributed by atoms with E-state index in [2.05, 4.69) is 36.5 Å². The minimum atomic E-state index is -0.733. The lowest BCUT2D eigenvalue weighted by atomic mass is 9.90. The van der Waals surface area contributed by atoms with E-state index in [1.807, 2.05) is 0 Å². The summed E-state index contributed by atoms with van der Waals surface area (Å²) >= 11 is 0. The molecule has 0 unspecified atom stereocenters. The summed E-state index contributed by atoms with van der Waals surface area (Å²) in [5.41, 5.74) is 1.95. The van der Waals surface area contributed by atoms with Gasteiger partial charge in [0.05, 0.1) is 5.41 Å². The van der Waals surface area contributed by atoms with Gasteiger partial charge in [0.1, 0.15) is 0 Å². The van der Waals surface area contributed by atoms with Gasteiger partial charge in [0.15, 0.2) is 0 Å². The maximum absolute atomic E-state index is 10.9. The summed E-state index contributed by atoms with van der Waals surface area (Å²) in [5.74, 6) is -0.733. The van der Waals surface area contributed by atoms with E-state index in [1.165, 1.54) is 11.1 Å². The number of rotatable bonds is 7. The molecule has 0 fully saturated rings. The van der Waals surface area contributed by atoms with Crippen LogP contribution in [0.4, 0.5) is 0 Å². The maximum Gasteiger partial charge on any atom is 0.309 e. The van der Waals surface area contributed by atoms with Crippen LogP contribution in [0.25, 0.3) is 0 Å². The van der Waals surface area contributed by atoms with Crippen molar-refractivity contribution in [1.29, 1.82) is 0 Å². The van der Waals surface area contributed by atoms with Crippen LogP contribution in [-0.2, 0) is 11.2 Å². The Kier molecular flexibility index (Phi) is 5.35. The van der Waals surface area contributed by atoms with Gasteiger partial charge in [-0.1, -0.05) is 29.8 Å². The molecule has 0 bridgehead atoms. The Morgan fingerprint density at radius 1 is 1.33 bits per heavy atom. The van der Waals surface area contributed by atoms with Crippen molar-refractivity contribution in [2.45, 2.75) is 33.6 Å². The van der Waals surface area contributed by atoms with E-state index in [-0.39, 0.29) is 0 Å². The minimum absolute atomic E-state index is 0.643. The number of hydrogen-bond donors (Lipinski definition) is 2. The van der Waals surface area contributed by atoms with Crippen molar-refractivity contribution in [2.24, 2.45) is 5.41 Å². The molecule has 2 N–H and O–H groups in total. The Hall–Kier alpha value is -1.35. The van der Waals surface area contributed by atoms with Gasteiger partial charge in [-0.25, -0.2) is 0 Å². The largest absolute Gasteiger partial charge is 0.481 e. The Bertz CT molecular complexity index is 399. The van der Waals surface area contributed by atoms with Gasteiger partial charge < -0.3 is 10.4 Å². The minimum Gasteiger partial charge on any atom is -0.481 e. The lowest BCUT2D eigenvalue weighted by Crippen LogP contribution is -2.29. The van der Waals surface area contributed by atoms with Gasteiger partial charge in [-0.2, -0.15) is 0 Å². The molecule has 0 saturated heterocycles. The van der Waals surface area contributed by atoms with Crippen LogP contribution >= 0.6 is 0 Å². The average molecular weight is 249 g/mol. The van der Waals surface area contributed by atoms with Crippen LogP contribution in [0.15, 0.2) is 24.3 Å². The van der Waals surface area contributed by atoms with Crippen molar-refractivity contribution < 1.29 is 9.90 Å². The van der Waals surface area contributed by atoms with Crippen molar-refractivity contribution >= 4 is 5.97 Å². The van der Waals surface area contributed by atoms with E-state index in [0.29, 0.717) is 6.42 Å². The third-order valence-corrected chi connectivity index (χ3v) is 3.18. The number of carboxylic acids is 1. The maximum atomic E-state index is 10.9. The zero-order valence-electron chi connectivity index (χ0n) is 11.5. The quantitative estimate of drug-likeness (QED) is 0.730. The Morgan fingerprint density at radius 2 is 2.06 bits per heavy atom. The first kappa shape index (κ1) is 14.7. The van der Waals surface area contributed by atoms with Crippen molar-refractivity contribution in [3.8, 4) is 0 Å². The Morgan fingerprint density at radius 3 is 2.67 bits per heavy atom. The molecule has 100 valence electrons. The van der Waals surface area contributed by atoms with Crippen LogP contribution in [0.5, 0.6) is 0 Å². The number of carbonyl (C=O) groups is 1. The first-order valence-electron chi connectivity index (χ1n) is 6.41. The summed E-state index contributed by atoms with van der Waals surface area (Å²) in [6.07, 6.45) is 1.63. The summed E-state index contributed by atoms with van der Waals surface area (Å²) < 4.78 is 0. The molecule has 0 amide bonds. The fourth-order valence-corrected chi connectivity index (χ4v) is 1.73. The topological polar surface area (TPSA) is 49.3 Å². The standard InChI is InChI=1S/C15H23NO2/c1-12-5-4-6-13(11-12)7-9-16-10-8-15(2,3)14(17)18/h4-6,11,16H,7-10H2,1-3H3,(H,17,18). The van der Waals surface area contributed by atoms with Crippen molar-refractivity contribution in [3.05, 3.63) is 35.4 Å². The van der Waals surface area contributed by atoms with Crippen LogP contribution in [0.3, 0.4) is 0 Å². The lowest BCUT2D eigenvalue weighted by molar-refractivity contribution is -0.147. The highest BCUT2D eigenvalue weighted by atomic mass is 16.4. The second kappa shape index (κ2) is 6.55. The average Bonchev–Trinajstić information content (AvgIpc) is 2.28. The molecule has 1 aromatic carbocycles. The lowest BCUT2D eigenvalue weighted by Gasteiger charge is -2.18. The summed E-state index contributed by atoms with van der Waals surface area (Å²) in [5, 5.41) is 12.3. The number of benzene rings is 1. The zero-order chi connectivity index (χ0) is 13.6. The predicted molar refractivity (Wildman–Crippen MR) is 73.8 cm³/mol. The summed E-state index contributed by atoms with van der Waals surface area (Å²) in [6, 6.07) is 8.46. The van der Waals surface area contributed by atoms with Crippen LogP contribution in [0.2, 0.25) is 0 Å². The fourth-order valence-electron chi connectivity index (χ4n) is 1.73. The van der Waals surface area contributed by atoms with Gasteiger partial charge in [0, 0.05) is 0 Å². The van der Waals surface area contributed by atoms with Gasteiger partial charge in [0.25, 0.3) is 0 Å². The molecule has 0 heterocycles. The molecule has 1 rings (SSSR count). The molecule has 18 heavy (non-hydrogen) atoms. The van der Waals surface area contributed by atoms with Gasteiger partial charge in [0.2, 0.25) is 0 Å². The fraction of sp³-hybridized carbons (Fsp3) is 0.533. The highest BCUT2D eigenvalue weighted by Crippen LogP contribution is 2.19. The summed E-state index contributed by atoms with van der Waals surface area (Å²) in [7, 11) is 0. The number of nitrogens with one attached hydrogen (secondary N) is 1. The van der Waals surface area contributed by atoms with Crippen LogP contribution in [-0.4, -0.2) is 24.2 Å². The number of hydrogen-bond acceptors (Lipinski definition) is 2. The van der Waals surface area contributed by atoms with Crippen molar-refractivity contribution in [1.82, 2.24) is 5.32 Å². The Labute approximate surface area is 109 Å². The number of aliphatic carboxylic acids is 1. The molecule has 3 heteroatoms.